The Hall–Kier alpha value is -1.45. The van der Waals surface area contributed by atoms with Gasteiger partial charge in [0.1, 0.15) is 24.6 Å². The summed E-state index contributed by atoms with van der Waals surface area (Å²) in [6.45, 7) is 1.84. The molecule has 2 aromatic heterocycles. The summed E-state index contributed by atoms with van der Waals surface area (Å²) in [6, 6.07) is 0. The van der Waals surface area contributed by atoms with Gasteiger partial charge in [-0.25, -0.2) is 9.97 Å². The predicted octanol–water partition coefficient (Wildman–Crippen LogP) is 0.0949. The Bertz CT molecular complexity index is 679. The lowest BCUT2D eigenvalue weighted by atomic mass is 10.1. The first kappa shape index (κ1) is 15.4. The van der Waals surface area contributed by atoms with Gasteiger partial charge < -0.3 is 29.4 Å². The van der Waals surface area contributed by atoms with Crippen LogP contribution in [0.1, 0.15) is 13.2 Å². The zero-order valence-electron chi connectivity index (χ0n) is 11.8. The molecule has 120 valence electrons. The number of aromatic nitrogens is 3. The minimum Gasteiger partial charge on any atom is -0.477 e. The highest BCUT2D eigenvalue weighted by atomic mass is 35.5. The van der Waals surface area contributed by atoms with Crippen molar-refractivity contribution >= 4 is 22.6 Å². The highest BCUT2D eigenvalue weighted by molar-refractivity contribution is 6.35. The van der Waals surface area contributed by atoms with Crippen LogP contribution in [-0.2, 0) is 4.74 Å². The van der Waals surface area contributed by atoms with Gasteiger partial charge in [0, 0.05) is 6.20 Å². The van der Waals surface area contributed by atoms with E-state index < -0.39 is 31.1 Å². The fourth-order valence-electron chi connectivity index (χ4n) is 2.56. The molecule has 0 saturated carbocycles. The van der Waals surface area contributed by atoms with Gasteiger partial charge in [0.25, 0.3) is 0 Å². The second kappa shape index (κ2) is 5.98. The molecule has 1 fully saturated rings. The molecule has 1 unspecified atom stereocenters. The summed E-state index contributed by atoms with van der Waals surface area (Å²) >= 11 is 6.22. The van der Waals surface area contributed by atoms with Crippen LogP contribution in [-0.4, -0.2) is 61.4 Å². The SMILES string of the molecule is CCOc1ncnc2c1c(Cl)cn2C1O[C@H](CO)[C@@H](O)[C@H]1O. The lowest BCUT2D eigenvalue weighted by Crippen LogP contribution is -2.33. The molecule has 0 aromatic carbocycles. The summed E-state index contributed by atoms with van der Waals surface area (Å²) in [5.41, 5.74) is 0.415. The number of halogens is 1. The normalized spacial score (nSPS) is 28.4. The molecule has 0 radical (unpaired) electrons. The van der Waals surface area contributed by atoms with E-state index in [1.54, 1.807) is 0 Å². The van der Waals surface area contributed by atoms with Crippen molar-refractivity contribution in [2.75, 3.05) is 13.2 Å². The van der Waals surface area contributed by atoms with Crippen molar-refractivity contribution in [1.82, 2.24) is 14.5 Å². The molecule has 8 nitrogen and oxygen atoms in total. The van der Waals surface area contributed by atoms with Crippen LogP contribution < -0.4 is 4.74 Å². The van der Waals surface area contributed by atoms with E-state index in [4.69, 9.17) is 21.1 Å². The molecular formula is C13H16ClN3O5. The Kier molecular flexibility index (Phi) is 4.20. The van der Waals surface area contributed by atoms with Crippen molar-refractivity contribution in [3.05, 3.63) is 17.5 Å². The molecular weight excluding hydrogens is 314 g/mol. The van der Waals surface area contributed by atoms with Crippen molar-refractivity contribution in [1.29, 1.82) is 0 Å². The smallest absolute Gasteiger partial charge is 0.227 e. The Morgan fingerprint density at radius 2 is 2.14 bits per heavy atom. The summed E-state index contributed by atoms with van der Waals surface area (Å²) < 4.78 is 12.4. The van der Waals surface area contributed by atoms with Gasteiger partial charge in [-0.2, -0.15) is 0 Å². The van der Waals surface area contributed by atoms with E-state index in [1.165, 1.54) is 17.1 Å². The molecule has 0 bridgehead atoms. The number of fused-ring (bicyclic) bond motifs is 1. The predicted molar refractivity (Wildman–Crippen MR) is 76.7 cm³/mol. The number of ether oxygens (including phenoxy) is 2. The molecule has 3 rings (SSSR count). The van der Waals surface area contributed by atoms with E-state index in [-0.39, 0.29) is 0 Å². The Labute approximate surface area is 130 Å². The van der Waals surface area contributed by atoms with Gasteiger partial charge in [-0.05, 0) is 6.92 Å². The van der Waals surface area contributed by atoms with Crippen molar-refractivity contribution < 1.29 is 24.8 Å². The van der Waals surface area contributed by atoms with Gasteiger partial charge in [-0.15, -0.1) is 0 Å². The van der Waals surface area contributed by atoms with Crippen molar-refractivity contribution in [2.45, 2.75) is 31.5 Å². The largest absolute Gasteiger partial charge is 0.477 e. The summed E-state index contributed by atoms with van der Waals surface area (Å²) in [4.78, 5) is 8.19. The second-order valence-corrected chi connectivity index (χ2v) is 5.33. The molecule has 3 N–H and O–H groups in total. The van der Waals surface area contributed by atoms with Crippen molar-refractivity contribution in [2.24, 2.45) is 0 Å². The van der Waals surface area contributed by atoms with Crippen LogP contribution in [0.25, 0.3) is 11.0 Å². The van der Waals surface area contributed by atoms with Gasteiger partial charge in [-0.3, -0.25) is 0 Å². The van der Waals surface area contributed by atoms with Gasteiger partial charge in [0.15, 0.2) is 11.9 Å². The van der Waals surface area contributed by atoms with Crippen LogP contribution in [0, 0.1) is 0 Å². The minimum absolute atomic E-state index is 0.336. The molecule has 2 aromatic rings. The Morgan fingerprint density at radius 1 is 1.36 bits per heavy atom. The van der Waals surface area contributed by atoms with Crippen LogP contribution >= 0.6 is 11.6 Å². The Balaban J connectivity index is 2.07. The molecule has 0 amide bonds. The number of nitrogens with zero attached hydrogens (tertiary/aromatic N) is 3. The first-order valence-corrected chi connectivity index (χ1v) is 7.22. The third-order valence-electron chi connectivity index (χ3n) is 3.60. The van der Waals surface area contributed by atoms with E-state index in [1.807, 2.05) is 6.92 Å². The highest BCUT2D eigenvalue weighted by Gasteiger charge is 2.44. The standard InChI is InChI=1S/C13H16ClN3O5/c1-2-21-12-8-6(14)3-17(11(8)15-5-16-12)13-10(20)9(19)7(4-18)22-13/h3,5,7,9-10,13,18-20H,2,4H2,1H3/t7-,9-,10-,13?/m1/s1. The average molecular weight is 330 g/mol. The molecule has 4 atom stereocenters. The molecule has 9 heteroatoms. The van der Waals surface area contributed by atoms with E-state index in [9.17, 15) is 15.3 Å². The molecule has 0 aliphatic carbocycles. The lowest BCUT2D eigenvalue weighted by Gasteiger charge is -2.17. The summed E-state index contributed by atoms with van der Waals surface area (Å²) in [5.74, 6) is 0.336. The maximum absolute atomic E-state index is 10.1. The fraction of sp³-hybridized carbons (Fsp3) is 0.538. The van der Waals surface area contributed by atoms with Crippen molar-refractivity contribution in [3.8, 4) is 5.88 Å². The minimum atomic E-state index is -1.21. The third-order valence-corrected chi connectivity index (χ3v) is 3.89. The fourth-order valence-corrected chi connectivity index (χ4v) is 2.83. The van der Waals surface area contributed by atoms with Gasteiger partial charge in [0.2, 0.25) is 5.88 Å². The summed E-state index contributed by atoms with van der Waals surface area (Å²) in [7, 11) is 0. The molecule has 1 saturated heterocycles. The monoisotopic (exact) mass is 329 g/mol. The summed E-state index contributed by atoms with van der Waals surface area (Å²) in [6.07, 6.45) is -1.34. The topological polar surface area (TPSA) is 110 Å². The highest BCUT2D eigenvalue weighted by Crippen LogP contribution is 2.37. The Morgan fingerprint density at radius 3 is 2.77 bits per heavy atom. The number of hydrogen-bond donors (Lipinski definition) is 3. The maximum Gasteiger partial charge on any atom is 0.227 e. The van der Waals surface area contributed by atoms with Crippen molar-refractivity contribution in [3.63, 3.8) is 0 Å². The van der Waals surface area contributed by atoms with Crippen LogP contribution in [0.3, 0.4) is 0 Å². The molecule has 3 heterocycles. The van der Waals surface area contributed by atoms with Crippen LogP contribution in [0.5, 0.6) is 5.88 Å². The van der Waals surface area contributed by atoms with E-state index in [0.717, 1.165) is 0 Å². The van der Waals surface area contributed by atoms with Crippen LogP contribution in [0.2, 0.25) is 5.02 Å². The first-order valence-electron chi connectivity index (χ1n) is 6.84. The van der Waals surface area contributed by atoms with Crippen LogP contribution in [0.15, 0.2) is 12.5 Å². The number of aliphatic hydroxyl groups excluding tert-OH is 3. The van der Waals surface area contributed by atoms with Gasteiger partial charge in [0.05, 0.1) is 23.6 Å². The zero-order chi connectivity index (χ0) is 15.9. The average Bonchev–Trinajstić information content (AvgIpc) is 2.99. The van der Waals surface area contributed by atoms with E-state index in [0.29, 0.717) is 28.5 Å². The summed E-state index contributed by atoms with van der Waals surface area (Å²) in [5, 5.41) is 30.0. The third kappa shape index (κ3) is 2.33. The number of aliphatic hydroxyl groups is 3. The van der Waals surface area contributed by atoms with Gasteiger partial charge in [-0.1, -0.05) is 11.6 Å². The molecule has 22 heavy (non-hydrogen) atoms. The lowest BCUT2D eigenvalue weighted by molar-refractivity contribution is -0.0508. The molecule has 1 aliphatic heterocycles. The molecule has 0 spiro atoms. The van der Waals surface area contributed by atoms with E-state index >= 15 is 0 Å². The maximum atomic E-state index is 10.1. The van der Waals surface area contributed by atoms with E-state index in [2.05, 4.69) is 9.97 Å². The zero-order valence-corrected chi connectivity index (χ0v) is 12.5. The second-order valence-electron chi connectivity index (χ2n) is 4.92. The number of hydrogen-bond acceptors (Lipinski definition) is 7. The molecule has 1 aliphatic rings. The number of rotatable bonds is 4. The van der Waals surface area contributed by atoms with Gasteiger partial charge >= 0.3 is 0 Å². The quantitative estimate of drug-likeness (QED) is 0.729. The van der Waals surface area contributed by atoms with Crippen LogP contribution in [0.4, 0.5) is 0 Å². The first-order chi connectivity index (χ1) is 10.6.